The monoisotopic (exact) mass is 328 g/mol. The van der Waals surface area contributed by atoms with Crippen molar-refractivity contribution in [2.75, 3.05) is 0 Å². The molecule has 0 aliphatic carbocycles. The summed E-state index contributed by atoms with van der Waals surface area (Å²) >= 11 is 3.40. The van der Waals surface area contributed by atoms with Gasteiger partial charge in [-0.25, -0.2) is 4.79 Å². The summed E-state index contributed by atoms with van der Waals surface area (Å²) in [6, 6.07) is 7.16. The highest BCUT2D eigenvalue weighted by Gasteiger charge is 2.09. The zero-order valence-electron chi connectivity index (χ0n) is 10.6. The van der Waals surface area contributed by atoms with Gasteiger partial charge in [0.05, 0.1) is 0 Å². The normalized spacial score (nSPS) is 11.7. The maximum absolute atomic E-state index is 11.6. The second kappa shape index (κ2) is 7.78. The molecule has 1 rings (SSSR count). The molecule has 0 aromatic heterocycles. The van der Waals surface area contributed by atoms with Gasteiger partial charge in [-0.05, 0) is 25.0 Å². The first kappa shape index (κ1) is 15.5. The molecule has 1 atom stereocenters. The molecule has 0 aliphatic rings. The Morgan fingerprint density at radius 1 is 1.37 bits per heavy atom. The number of urea groups is 1. The largest absolute Gasteiger partial charge is 0.481 e. The Balaban J connectivity index is 2.32. The lowest BCUT2D eigenvalue weighted by atomic mass is 10.2. The number of amides is 2. The topological polar surface area (TPSA) is 78.4 Å². The number of benzene rings is 1. The van der Waals surface area contributed by atoms with Crippen LogP contribution in [0.25, 0.3) is 0 Å². The summed E-state index contributed by atoms with van der Waals surface area (Å²) in [6.45, 7) is 2.19. The van der Waals surface area contributed by atoms with Crippen LogP contribution in [0.15, 0.2) is 28.7 Å². The predicted molar refractivity (Wildman–Crippen MR) is 75.8 cm³/mol. The Kier molecular flexibility index (Phi) is 6.35. The zero-order chi connectivity index (χ0) is 14.3. The number of hydrogen-bond donors (Lipinski definition) is 3. The van der Waals surface area contributed by atoms with Crippen molar-refractivity contribution >= 4 is 27.9 Å². The van der Waals surface area contributed by atoms with Crippen molar-refractivity contribution in [1.82, 2.24) is 10.6 Å². The van der Waals surface area contributed by atoms with Crippen molar-refractivity contribution in [3.63, 3.8) is 0 Å². The molecule has 1 aromatic carbocycles. The summed E-state index contributed by atoms with van der Waals surface area (Å²) in [5, 5.41) is 14.0. The van der Waals surface area contributed by atoms with Crippen LogP contribution < -0.4 is 10.6 Å². The van der Waals surface area contributed by atoms with Crippen molar-refractivity contribution in [3.8, 4) is 0 Å². The average Bonchev–Trinajstić information content (AvgIpc) is 2.35. The SMILES string of the molecule is CC(CCC(=O)O)NC(=O)NCc1ccccc1Br. The third kappa shape index (κ3) is 6.24. The van der Waals surface area contributed by atoms with Crippen LogP contribution in [0.5, 0.6) is 0 Å². The average molecular weight is 329 g/mol. The molecule has 0 saturated carbocycles. The van der Waals surface area contributed by atoms with Crippen LogP contribution in [-0.4, -0.2) is 23.1 Å². The van der Waals surface area contributed by atoms with Crippen molar-refractivity contribution < 1.29 is 14.7 Å². The molecule has 0 aliphatic heterocycles. The Hall–Kier alpha value is -1.56. The molecular formula is C13H17BrN2O3. The molecule has 1 aromatic rings. The van der Waals surface area contributed by atoms with E-state index in [1.54, 1.807) is 6.92 Å². The van der Waals surface area contributed by atoms with Crippen LogP contribution in [-0.2, 0) is 11.3 Å². The maximum atomic E-state index is 11.6. The van der Waals surface area contributed by atoms with Crippen LogP contribution in [0, 0.1) is 0 Å². The van der Waals surface area contributed by atoms with E-state index in [9.17, 15) is 9.59 Å². The zero-order valence-corrected chi connectivity index (χ0v) is 12.2. The van der Waals surface area contributed by atoms with E-state index in [0.717, 1.165) is 10.0 Å². The fourth-order valence-electron chi connectivity index (χ4n) is 1.50. The quantitative estimate of drug-likeness (QED) is 0.750. The second-order valence-corrected chi connectivity index (χ2v) is 5.11. The van der Waals surface area contributed by atoms with Crippen LogP contribution in [0.3, 0.4) is 0 Å². The molecule has 19 heavy (non-hydrogen) atoms. The third-order valence-electron chi connectivity index (χ3n) is 2.57. The molecule has 0 heterocycles. The van der Waals surface area contributed by atoms with Gasteiger partial charge in [0, 0.05) is 23.5 Å². The smallest absolute Gasteiger partial charge is 0.315 e. The van der Waals surface area contributed by atoms with Gasteiger partial charge in [-0.1, -0.05) is 34.1 Å². The minimum Gasteiger partial charge on any atom is -0.481 e. The second-order valence-electron chi connectivity index (χ2n) is 4.25. The summed E-state index contributed by atoms with van der Waals surface area (Å²) in [7, 11) is 0. The maximum Gasteiger partial charge on any atom is 0.315 e. The van der Waals surface area contributed by atoms with E-state index in [1.807, 2.05) is 24.3 Å². The van der Waals surface area contributed by atoms with E-state index in [4.69, 9.17) is 5.11 Å². The molecule has 3 N–H and O–H groups in total. The molecule has 0 spiro atoms. The molecule has 104 valence electrons. The molecule has 5 nitrogen and oxygen atoms in total. The molecule has 1 unspecified atom stereocenters. The number of rotatable bonds is 6. The number of carboxylic acids is 1. The van der Waals surface area contributed by atoms with Crippen molar-refractivity contribution in [2.45, 2.75) is 32.4 Å². The highest BCUT2D eigenvalue weighted by atomic mass is 79.9. The van der Waals surface area contributed by atoms with E-state index < -0.39 is 5.97 Å². The highest BCUT2D eigenvalue weighted by molar-refractivity contribution is 9.10. The van der Waals surface area contributed by atoms with Crippen LogP contribution in [0.2, 0.25) is 0 Å². The molecular weight excluding hydrogens is 312 g/mol. The van der Waals surface area contributed by atoms with Gasteiger partial charge in [0.15, 0.2) is 0 Å². The number of hydrogen-bond acceptors (Lipinski definition) is 2. The number of carboxylic acid groups (broad SMARTS) is 1. The first-order chi connectivity index (χ1) is 8.99. The Labute approximate surface area is 120 Å². The van der Waals surface area contributed by atoms with E-state index in [-0.39, 0.29) is 18.5 Å². The van der Waals surface area contributed by atoms with E-state index in [0.29, 0.717) is 13.0 Å². The van der Waals surface area contributed by atoms with Gasteiger partial charge >= 0.3 is 12.0 Å². The Bertz CT molecular complexity index is 451. The lowest BCUT2D eigenvalue weighted by Crippen LogP contribution is -2.40. The van der Waals surface area contributed by atoms with Gasteiger partial charge in [0.2, 0.25) is 0 Å². The number of halogens is 1. The van der Waals surface area contributed by atoms with Crippen molar-refractivity contribution in [2.24, 2.45) is 0 Å². The lowest BCUT2D eigenvalue weighted by molar-refractivity contribution is -0.137. The highest BCUT2D eigenvalue weighted by Crippen LogP contribution is 2.15. The Morgan fingerprint density at radius 3 is 2.68 bits per heavy atom. The third-order valence-corrected chi connectivity index (χ3v) is 3.34. The first-order valence-corrected chi connectivity index (χ1v) is 6.78. The van der Waals surface area contributed by atoms with Gasteiger partial charge < -0.3 is 15.7 Å². The van der Waals surface area contributed by atoms with Crippen LogP contribution >= 0.6 is 15.9 Å². The number of carbonyl (C=O) groups excluding carboxylic acids is 1. The van der Waals surface area contributed by atoms with Crippen molar-refractivity contribution in [3.05, 3.63) is 34.3 Å². The van der Waals surface area contributed by atoms with E-state index in [2.05, 4.69) is 26.6 Å². The predicted octanol–water partition coefficient (Wildman–Crippen LogP) is 2.50. The van der Waals surface area contributed by atoms with Gasteiger partial charge in [0.1, 0.15) is 0 Å². The fourth-order valence-corrected chi connectivity index (χ4v) is 1.93. The summed E-state index contributed by atoms with van der Waals surface area (Å²) in [5.41, 5.74) is 0.982. The molecule has 0 saturated heterocycles. The van der Waals surface area contributed by atoms with Crippen LogP contribution in [0.4, 0.5) is 4.79 Å². The summed E-state index contributed by atoms with van der Waals surface area (Å²) in [6.07, 6.45) is 0.462. The minimum atomic E-state index is -0.859. The summed E-state index contributed by atoms with van der Waals surface area (Å²) < 4.78 is 0.939. The molecule has 2 amide bonds. The van der Waals surface area contributed by atoms with Gasteiger partial charge in [-0.2, -0.15) is 0 Å². The Morgan fingerprint density at radius 2 is 2.05 bits per heavy atom. The van der Waals surface area contributed by atoms with E-state index >= 15 is 0 Å². The lowest BCUT2D eigenvalue weighted by Gasteiger charge is -2.14. The molecule has 0 radical (unpaired) electrons. The molecule has 6 heteroatoms. The minimum absolute atomic E-state index is 0.0473. The standard InChI is InChI=1S/C13H17BrN2O3/c1-9(6-7-12(17)18)16-13(19)15-8-10-4-2-3-5-11(10)14/h2-5,9H,6-8H2,1H3,(H,17,18)(H2,15,16,19). The van der Waals surface area contributed by atoms with Crippen LogP contribution in [0.1, 0.15) is 25.3 Å². The van der Waals surface area contributed by atoms with Gasteiger partial charge in [0.25, 0.3) is 0 Å². The number of nitrogens with one attached hydrogen (secondary N) is 2. The van der Waals surface area contributed by atoms with Gasteiger partial charge in [-0.3, -0.25) is 4.79 Å². The number of aliphatic carboxylic acids is 1. The molecule has 0 bridgehead atoms. The first-order valence-electron chi connectivity index (χ1n) is 5.98. The van der Waals surface area contributed by atoms with E-state index in [1.165, 1.54) is 0 Å². The fraction of sp³-hybridized carbons (Fsp3) is 0.385. The van der Waals surface area contributed by atoms with Crippen molar-refractivity contribution in [1.29, 1.82) is 0 Å². The summed E-state index contributed by atoms with van der Waals surface area (Å²) in [4.78, 5) is 22.0. The number of carbonyl (C=O) groups is 2. The van der Waals surface area contributed by atoms with Gasteiger partial charge in [-0.15, -0.1) is 0 Å². The molecule has 0 fully saturated rings. The summed E-state index contributed by atoms with van der Waals surface area (Å²) in [5.74, 6) is -0.859.